The van der Waals surface area contributed by atoms with E-state index in [0.717, 1.165) is 18.8 Å². The first-order valence-corrected chi connectivity index (χ1v) is 6.59. The van der Waals surface area contributed by atoms with E-state index >= 15 is 0 Å². The number of ether oxygens (including phenoxy) is 2. The minimum atomic E-state index is 0.531. The summed E-state index contributed by atoms with van der Waals surface area (Å²) >= 11 is 4.91. The van der Waals surface area contributed by atoms with Gasteiger partial charge in [-0.3, -0.25) is 9.88 Å². The Labute approximate surface area is 119 Å². The van der Waals surface area contributed by atoms with E-state index in [1.54, 1.807) is 26.5 Å². The third-order valence-corrected chi connectivity index (χ3v) is 3.07. The van der Waals surface area contributed by atoms with Crippen LogP contribution in [0.2, 0.25) is 0 Å². The predicted octanol–water partition coefficient (Wildman–Crippen LogP) is 1.60. The molecule has 0 aromatic carbocycles. The maximum Gasteiger partial charge on any atom is 0.183 e. The van der Waals surface area contributed by atoms with Crippen molar-refractivity contribution in [3.05, 3.63) is 18.0 Å². The van der Waals surface area contributed by atoms with Crippen LogP contribution in [0.3, 0.4) is 0 Å². The Morgan fingerprint density at radius 3 is 2.68 bits per heavy atom. The van der Waals surface area contributed by atoms with Crippen LogP contribution < -0.4 is 15.2 Å². The summed E-state index contributed by atoms with van der Waals surface area (Å²) in [5.74, 6) is 1.37. The number of thiocarbonyl (C=S) groups is 1. The maximum absolute atomic E-state index is 5.54. The molecule has 0 atom stereocenters. The summed E-state index contributed by atoms with van der Waals surface area (Å²) in [7, 11) is 3.24. The van der Waals surface area contributed by atoms with Crippen molar-refractivity contribution in [3.63, 3.8) is 0 Å². The third kappa shape index (κ3) is 4.65. The zero-order valence-electron chi connectivity index (χ0n) is 11.7. The zero-order valence-corrected chi connectivity index (χ0v) is 12.5. The third-order valence-electron chi connectivity index (χ3n) is 2.86. The van der Waals surface area contributed by atoms with E-state index in [0.29, 0.717) is 29.5 Å². The first kappa shape index (κ1) is 15.7. The molecule has 1 aromatic rings. The van der Waals surface area contributed by atoms with Crippen LogP contribution in [0.4, 0.5) is 0 Å². The topological polar surface area (TPSA) is 60.6 Å². The van der Waals surface area contributed by atoms with Gasteiger partial charge in [0.25, 0.3) is 0 Å². The lowest BCUT2D eigenvalue weighted by Crippen LogP contribution is -2.27. The molecule has 2 N–H and O–H groups in total. The average Bonchev–Trinajstić information content (AvgIpc) is 2.42. The standard InChI is InChI=1S/C13H21N3O2S/c1-4-16(8-6-12(14)19)9-10-13(18-3)11(17-2)5-7-15-10/h5,7H,4,6,8-9H2,1-3H3,(H2,14,19). The van der Waals surface area contributed by atoms with Crippen LogP contribution in [0.15, 0.2) is 12.3 Å². The number of nitrogens with two attached hydrogens (primary N) is 1. The van der Waals surface area contributed by atoms with Gasteiger partial charge >= 0.3 is 0 Å². The van der Waals surface area contributed by atoms with Gasteiger partial charge in [0.15, 0.2) is 11.5 Å². The highest BCUT2D eigenvalue weighted by Gasteiger charge is 2.14. The van der Waals surface area contributed by atoms with Crippen molar-refractivity contribution in [1.82, 2.24) is 9.88 Å². The minimum absolute atomic E-state index is 0.531. The molecule has 106 valence electrons. The van der Waals surface area contributed by atoms with Crippen LogP contribution in [-0.2, 0) is 6.54 Å². The summed E-state index contributed by atoms with van der Waals surface area (Å²) in [6.07, 6.45) is 2.42. The van der Waals surface area contributed by atoms with E-state index in [-0.39, 0.29) is 0 Å². The van der Waals surface area contributed by atoms with Crippen LogP contribution >= 0.6 is 12.2 Å². The zero-order chi connectivity index (χ0) is 14.3. The molecule has 0 saturated heterocycles. The molecular weight excluding hydrogens is 262 g/mol. The Hall–Kier alpha value is -1.40. The lowest BCUT2D eigenvalue weighted by molar-refractivity contribution is 0.274. The van der Waals surface area contributed by atoms with Crippen LogP contribution in [0.5, 0.6) is 11.5 Å². The van der Waals surface area contributed by atoms with Gasteiger partial charge in [-0.25, -0.2) is 0 Å². The first-order valence-electron chi connectivity index (χ1n) is 6.18. The van der Waals surface area contributed by atoms with E-state index in [1.807, 2.05) is 0 Å². The second kappa shape index (κ2) is 7.91. The molecule has 0 aliphatic carbocycles. The summed E-state index contributed by atoms with van der Waals surface area (Å²) in [4.78, 5) is 7.11. The Bertz CT molecular complexity index is 426. The Kier molecular flexibility index (Phi) is 6.52. The molecule has 0 saturated carbocycles. The molecule has 19 heavy (non-hydrogen) atoms. The van der Waals surface area contributed by atoms with Gasteiger partial charge in [-0.1, -0.05) is 19.1 Å². The molecule has 6 heteroatoms. The molecule has 1 heterocycles. The second-order valence-corrected chi connectivity index (χ2v) is 4.60. The van der Waals surface area contributed by atoms with Gasteiger partial charge in [-0.15, -0.1) is 0 Å². The van der Waals surface area contributed by atoms with E-state index < -0.39 is 0 Å². The molecule has 0 aliphatic heterocycles. The van der Waals surface area contributed by atoms with Crippen LogP contribution in [0, 0.1) is 0 Å². The molecule has 5 nitrogen and oxygen atoms in total. The van der Waals surface area contributed by atoms with Gasteiger partial charge in [0, 0.05) is 31.8 Å². The molecule has 0 fully saturated rings. The lowest BCUT2D eigenvalue weighted by atomic mass is 10.2. The fourth-order valence-electron chi connectivity index (χ4n) is 1.79. The minimum Gasteiger partial charge on any atom is -0.493 e. The van der Waals surface area contributed by atoms with Crippen molar-refractivity contribution in [1.29, 1.82) is 0 Å². The highest BCUT2D eigenvalue weighted by Crippen LogP contribution is 2.29. The number of aromatic nitrogens is 1. The molecule has 0 unspecified atom stereocenters. The van der Waals surface area contributed by atoms with Crippen LogP contribution in [0.1, 0.15) is 19.0 Å². The number of nitrogens with zero attached hydrogens (tertiary/aromatic N) is 2. The fraction of sp³-hybridized carbons (Fsp3) is 0.538. The molecule has 0 bridgehead atoms. The fourth-order valence-corrected chi connectivity index (χ4v) is 1.88. The van der Waals surface area contributed by atoms with E-state index in [9.17, 15) is 0 Å². The van der Waals surface area contributed by atoms with Crippen molar-refractivity contribution in [3.8, 4) is 11.5 Å². The maximum atomic E-state index is 5.54. The first-order chi connectivity index (χ1) is 9.12. The summed E-state index contributed by atoms with van der Waals surface area (Å²) in [5.41, 5.74) is 6.39. The monoisotopic (exact) mass is 283 g/mol. The van der Waals surface area contributed by atoms with Gasteiger partial charge in [0.2, 0.25) is 0 Å². The highest BCUT2D eigenvalue weighted by atomic mass is 32.1. The van der Waals surface area contributed by atoms with Gasteiger partial charge in [-0.05, 0) is 6.54 Å². The van der Waals surface area contributed by atoms with Crippen molar-refractivity contribution in [2.45, 2.75) is 19.9 Å². The van der Waals surface area contributed by atoms with E-state index in [1.165, 1.54) is 0 Å². The predicted molar refractivity (Wildman–Crippen MR) is 79.7 cm³/mol. The molecule has 0 amide bonds. The summed E-state index contributed by atoms with van der Waals surface area (Å²) in [6.45, 7) is 4.48. The molecule has 1 rings (SSSR count). The van der Waals surface area contributed by atoms with Gasteiger partial charge in [-0.2, -0.15) is 0 Å². The van der Waals surface area contributed by atoms with Crippen LogP contribution in [-0.4, -0.2) is 42.2 Å². The SMILES string of the molecule is CCN(CCC(N)=S)Cc1nccc(OC)c1OC. The lowest BCUT2D eigenvalue weighted by Gasteiger charge is -2.21. The number of rotatable bonds is 8. The quantitative estimate of drug-likeness (QED) is 0.731. The van der Waals surface area contributed by atoms with E-state index in [2.05, 4.69) is 16.8 Å². The van der Waals surface area contributed by atoms with Gasteiger partial charge in [0.1, 0.15) is 5.69 Å². The summed E-state index contributed by atoms with van der Waals surface area (Å²) in [6, 6.07) is 1.79. The molecule has 0 aliphatic rings. The van der Waals surface area contributed by atoms with Crippen molar-refractivity contribution < 1.29 is 9.47 Å². The number of methoxy groups -OCH3 is 2. The second-order valence-electron chi connectivity index (χ2n) is 4.08. The Morgan fingerprint density at radius 1 is 1.42 bits per heavy atom. The summed E-state index contributed by atoms with van der Waals surface area (Å²) < 4.78 is 10.6. The smallest absolute Gasteiger partial charge is 0.183 e. The normalized spacial score (nSPS) is 10.5. The molecular formula is C13H21N3O2S. The van der Waals surface area contributed by atoms with Crippen molar-refractivity contribution in [2.24, 2.45) is 5.73 Å². The molecule has 0 radical (unpaired) electrons. The Morgan fingerprint density at radius 2 is 2.16 bits per heavy atom. The molecule has 1 aromatic heterocycles. The Balaban J connectivity index is 2.81. The molecule has 0 spiro atoms. The highest BCUT2D eigenvalue weighted by molar-refractivity contribution is 7.80. The summed E-state index contributed by atoms with van der Waals surface area (Å²) in [5, 5.41) is 0. The largest absolute Gasteiger partial charge is 0.493 e. The van der Waals surface area contributed by atoms with E-state index in [4.69, 9.17) is 27.4 Å². The number of hydrogen-bond acceptors (Lipinski definition) is 5. The van der Waals surface area contributed by atoms with Crippen molar-refractivity contribution in [2.75, 3.05) is 27.3 Å². The van der Waals surface area contributed by atoms with Gasteiger partial charge < -0.3 is 15.2 Å². The number of pyridine rings is 1. The van der Waals surface area contributed by atoms with Crippen molar-refractivity contribution >= 4 is 17.2 Å². The van der Waals surface area contributed by atoms with Crippen LogP contribution in [0.25, 0.3) is 0 Å². The van der Waals surface area contributed by atoms with Gasteiger partial charge in [0.05, 0.1) is 19.2 Å². The average molecular weight is 283 g/mol. The number of hydrogen-bond donors (Lipinski definition) is 1.